The minimum absolute atomic E-state index is 0.0884. The second kappa shape index (κ2) is 9.54. The molecule has 0 atom stereocenters. The average molecular weight is 446 g/mol. The molecule has 7 nitrogen and oxygen atoms in total. The van der Waals surface area contributed by atoms with Crippen LogP contribution in [0.2, 0.25) is 0 Å². The molecule has 0 aliphatic rings. The number of imidazole rings is 1. The first-order chi connectivity index (χ1) is 15.1. The van der Waals surface area contributed by atoms with E-state index in [1.165, 1.54) is 24.3 Å². The third kappa shape index (κ3) is 5.87. The Labute approximate surface area is 182 Å². The molecule has 0 saturated carbocycles. The fraction of sp³-hybridized carbons (Fsp3) is 0.227. The summed E-state index contributed by atoms with van der Waals surface area (Å²) in [7, 11) is 1.49. The largest absolute Gasteiger partial charge is 0.488 e. The van der Waals surface area contributed by atoms with Crippen LogP contribution in [-0.2, 0) is 19.7 Å². The van der Waals surface area contributed by atoms with E-state index in [1.807, 2.05) is 0 Å². The van der Waals surface area contributed by atoms with Gasteiger partial charge in [-0.3, -0.25) is 9.59 Å². The summed E-state index contributed by atoms with van der Waals surface area (Å²) >= 11 is 0. The number of nitrogens with two attached hydrogens (primary N) is 1. The number of carbonyl (C=O) groups is 2. The predicted molar refractivity (Wildman–Crippen MR) is 110 cm³/mol. The first-order valence-electron chi connectivity index (χ1n) is 9.57. The molecule has 0 aliphatic heterocycles. The third-order valence-corrected chi connectivity index (χ3v) is 4.60. The number of rotatable bonds is 8. The molecule has 32 heavy (non-hydrogen) atoms. The number of ether oxygens (including phenoxy) is 1. The van der Waals surface area contributed by atoms with E-state index >= 15 is 0 Å². The van der Waals surface area contributed by atoms with Gasteiger partial charge in [0.2, 0.25) is 0 Å². The fourth-order valence-corrected chi connectivity index (χ4v) is 3.08. The molecule has 0 bridgehead atoms. The Kier molecular flexibility index (Phi) is 6.82. The molecule has 168 valence electrons. The van der Waals surface area contributed by atoms with Gasteiger partial charge in [0.1, 0.15) is 24.7 Å². The number of para-hydroxylation sites is 1. The number of aromatic nitrogens is 2. The van der Waals surface area contributed by atoms with Crippen LogP contribution >= 0.6 is 0 Å². The number of nitrogens with zero attached hydrogens (tertiary/aromatic N) is 3. The van der Waals surface area contributed by atoms with Crippen LogP contribution in [0.25, 0.3) is 0 Å². The van der Waals surface area contributed by atoms with Gasteiger partial charge in [-0.15, -0.1) is 0 Å². The van der Waals surface area contributed by atoms with Crippen molar-refractivity contribution in [1.82, 2.24) is 14.5 Å². The average Bonchev–Trinajstić information content (AvgIpc) is 3.16. The van der Waals surface area contributed by atoms with E-state index in [1.54, 1.807) is 48.5 Å². The smallest absolute Gasteiger partial charge is 0.406 e. The lowest BCUT2D eigenvalue weighted by molar-refractivity contribution is -0.141. The highest BCUT2D eigenvalue weighted by molar-refractivity contribution is 5.95. The Balaban J connectivity index is 1.68. The summed E-state index contributed by atoms with van der Waals surface area (Å²) in [5.41, 5.74) is 6.59. The zero-order chi connectivity index (χ0) is 23.3. The number of halogens is 3. The maximum Gasteiger partial charge on any atom is 0.406 e. The van der Waals surface area contributed by atoms with Crippen molar-refractivity contribution in [3.05, 3.63) is 83.4 Å². The van der Waals surface area contributed by atoms with Gasteiger partial charge in [-0.25, -0.2) is 4.98 Å². The van der Waals surface area contributed by atoms with E-state index in [4.69, 9.17) is 10.5 Å². The van der Waals surface area contributed by atoms with E-state index in [9.17, 15) is 22.8 Å². The minimum atomic E-state index is -4.39. The van der Waals surface area contributed by atoms with Gasteiger partial charge >= 0.3 is 6.18 Å². The molecule has 0 spiro atoms. The van der Waals surface area contributed by atoms with Crippen LogP contribution in [0.3, 0.4) is 0 Å². The van der Waals surface area contributed by atoms with Crippen molar-refractivity contribution in [1.29, 1.82) is 0 Å². The van der Waals surface area contributed by atoms with Gasteiger partial charge in [0, 0.05) is 25.0 Å². The monoisotopic (exact) mass is 446 g/mol. The third-order valence-electron chi connectivity index (χ3n) is 4.60. The number of primary amides is 1. The van der Waals surface area contributed by atoms with E-state index in [0.29, 0.717) is 16.9 Å². The van der Waals surface area contributed by atoms with Gasteiger partial charge in [0.15, 0.2) is 0 Å². The molecule has 10 heteroatoms. The number of hydrogen-bond acceptors (Lipinski definition) is 4. The Hall–Kier alpha value is -3.82. The molecule has 0 saturated heterocycles. The number of carbonyl (C=O) groups excluding carboxylic acids is 2. The quantitative estimate of drug-likeness (QED) is 0.574. The molecule has 1 heterocycles. The Morgan fingerprint density at radius 2 is 1.91 bits per heavy atom. The predicted octanol–water partition coefficient (Wildman–Crippen LogP) is 3.40. The van der Waals surface area contributed by atoms with Crippen LogP contribution in [0, 0.1) is 0 Å². The van der Waals surface area contributed by atoms with Gasteiger partial charge in [-0.1, -0.05) is 24.3 Å². The summed E-state index contributed by atoms with van der Waals surface area (Å²) in [4.78, 5) is 29.5. The maximum absolute atomic E-state index is 12.8. The first kappa shape index (κ1) is 22.9. The van der Waals surface area contributed by atoms with Gasteiger partial charge in [-0.05, 0) is 29.8 Å². The minimum Gasteiger partial charge on any atom is -0.488 e. The molecule has 0 fully saturated rings. The Morgan fingerprint density at radius 3 is 2.62 bits per heavy atom. The van der Waals surface area contributed by atoms with Crippen molar-refractivity contribution in [2.24, 2.45) is 5.73 Å². The summed E-state index contributed by atoms with van der Waals surface area (Å²) in [6.07, 6.45) is -1.90. The first-order valence-corrected chi connectivity index (χ1v) is 9.57. The molecular weight excluding hydrogens is 425 g/mol. The lowest BCUT2D eigenvalue weighted by Crippen LogP contribution is -2.29. The summed E-state index contributed by atoms with van der Waals surface area (Å²) in [6.45, 7) is -1.18. The van der Waals surface area contributed by atoms with Crippen LogP contribution < -0.4 is 10.5 Å². The summed E-state index contributed by atoms with van der Waals surface area (Å²) in [5.74, 6) is -0.549. The van der Waals surface area contributed by atoms with Crippen LogP contribution in [0.15, 0.2) is 60.9 Å². The van der Waals surface area contributed by atoms with Crippen molar-refractivity contribution in [3.63, 3.8) is 0 Å². The SMILES string of the molecule is CN(Cc1nccn1CC(F)(F)F)C(=O)c1cccc(COc2ccccc2C(N)=O)c1. The molecule has 0 unspecified atom stereocenters. The Bertz CT molecular complexity index is 1110. The lowest BCUT2D eigenvalue weighted by Gasteiger charge is -2.19. The van der Waals surface area contributed by atoms with Gasteiger partial charge in [-0.2, -0.15) is 13.2 Å². The molecule has 0 aliphatic carbocycles. The van der Waals surface area contributed by atoms with E-state index in [0.717, 1.165) is 4.57 Å². The van der Waals surface area contributed by atoms with Crippen molar-refractivity contribution in [2.45, 2.75) is 25.9 Å². The standard InChI is InChI=1S/C22H21F3N4O3/c1-28(12-19-27-9-10-29(19)14-22(23,24)25)21(31)16-6-4-5-15(11-16)13-32-18-8-3-2-7-17(18)20(26)30/h2-11H,12-14H2,1H3,(H2,26,30). The van der Waals surface area contributed by atoms with Gasteiger partial charge in [0.25, 0.3) is 11.8 Å². The molecule has 2 aromatic carbocycles. The molecule has 2 N–H and O–H groups in total. The van der Waals surface area contributed by atoms with Crippen LogP contribution in [0.1, 0.15) is 32.1 Å². The zero-order valence-corrected chi connectivity index (χ0v) is 17.2. The van der Waals surface area contributed by atoms with E-state index in [-0.39, 0.29) is 30.4 Å². The van der Waals surface area contributed by atoms with E-state index < -0.39 is 18.6 Å². The molecular formula is C22H21F3N4O3. The number of alkyl halides is 3. The topological polar surface area (TPSA) is 90.4 Å². The molecule has 0 radical (unpaired) electrons. The number of benzene rings is 2. The van der Waals surface area contributed by atoms with E-state index in [2.05, 4.69) is 4.98 Å². The molecule has 1 aromatic heterocycles. The summed E-state index contributed by atoms with van der Waals surface area (Å²) in [5, 5.41) is 0. The van der Waals surface area contributed by atoms with Crippen LogP contribution in [0.5, 0.6) is 5.75 Å². The normalized spacial score (nSPS) is 11.2. The zero-order valence-electron chi connectivity index (χ0n) is 17.2. The number of hydrogen-bond donors (Lipinski definition) is 1. The van der Waals surface area contributed by atoms with Crippen molar-refractivity contribution >= 4 is 11.8 Å². The van der Waals surface area contributed by atoms with Crippen molar-refractivity contribution < 1.29 is 27.5 Å². The van der Waals surface area contributed by atoms with Crippen LogP contribution in [0.4, 0.5) is 13.2 Å². The molecule has 3 aromatic rings. The highest BCUT2D eigenvalue weighted by Crippen LogP contribution is 2.20. The molecule has 2 amide bonds. The van der Waals surface area contributed by atoms with Crippen molar-refractivity contribution in [3.8, 4) is 5.75 Å². The highest BCUT2D eigenvalue weighted by atomic mass is 19.4. The maximum atomic E-state index is 12.8. The van der Waals surface area contributed by atoms with Gasteiger partial charge < -0.3 is 19.9 Å². The summed E-state index contributed by atoms with van der Waals surface area (Å²) in [6, 6.07) is 13.2. The number of amides is 2. The second-order valence-corrected chi connectivity index (χ2v) is 7.10. The Morgan fingerprint density at radius 1 is 1.16 bits per heavy atom. The van der Waals surface area contributed by atoms with Gasteiger partial charge in [0.05, 0.1) is 12.1 Å². The second-order valence-electron chi connectivity index (χ2n) is 7.10. The van der Waals surface area contributed by atoms with Crippen molar-refractivity contribution in [2.75, 3.05) is 7.05 Å². The summed E-state index contributed by atoms with van der Waals surface area (Å²) < 4.78 is 44.8. The van der Waals surface area contributed by atoms with Crippen LogP contribution in [-0.4, -0.2) is 39.5 Å². The lowest BCUT2D eigenvalue weighted by atomic mass is 10.1. The molecule has 3 rings (SSSR count). The highest BCUT2D eigenvalue weighted by Gasteiger charge is 2.29. The fourth-order valence-electron chi connectivity index (χ4n) is 3.08.